The second-order valence-corrected chi connectivity index (χ2v) is 9.16. The Labute approximate surface area is 164 Å². The van der Waals surface area contributed by atoms with E-state index in [2.05, 4.69) is 77.3 Å². The van der Waals surface area contributed by atoms with E-state index in [0.717, 1.165) is 33.1 Å². The normalized spacial score (nSPS) is 30.8. The van der Waals surface area contributed by atoms with Crippen molar-refractivity contribution in [3.8, 4) is 0 Å². The molecule has 0 radical (unpaired) electrons. The second kappa shape index (κ2) is 6.40. The van der Waals surface area contributed by atoms with Gasteiger partial charge in [-0.25, -0.2) is 9.98 Å². The van der Waals surface area contributed by atoms with E-state index in [1.807, 2.05) is 0 Å². The molecule has 25 heavy (non-hydrogen) atoms. The van der Waals surface area contributed by atoms with Crippen molar-refractivity contribution in [1.82, 2.24) is 14.9 Å². The third-order valence-electron chi connectivity index (χ3n) is 6.36. The first-order valence-corrected chi connectivity index (χ1v) is 10.5. The molecule has 0 aromatic carbocycles. The summed E-state index contributed by atoms with van der Waals surface area (Å²) in [6.45, 7) is 4.39. The van der Waals surface area contributed by atoms with Gasteiger partial charge in [-0.05, 0) is 67.5 Å². The number of nitrogens with one attached hydrogen (secondary N) is 1. The third kappa shape index (κ3) is 2.87. The molecular formula is C18H29IN6. The summed E-state index contributed by atoms with van der Waals surface area (Å²) >= 11 is 2.34. The van der Waals surface area contributed by atoms with Crippen molar-refractivity contribution in [2.24, 2.45) is 23.9 Å². The number of imidazole rings is 1. The minimum absolute atomic E-state index is 0.0250. The fourth-order valence-electron chi connectivity index (χ4n) is 4.74. The van der Waals surface area contributed by atoms with Gasteiger partial charge in [0.1, 0.15) is 17.7 Å². The second-order valence-electron chi connectivity index (χ2n) is 8.19. The lowest BCUT2D eigenvalue weighted by atomic mass is 9.95. The number of hydrogen-bond acceptors (Lipinski definition) is 5. The first-order chi connectivity index (χ1) is 11.9. The van der Waals surface area contributed by atoms with Crippen LogP contribution in [0.2, 0.25) is 0 Å². The van der Waals surface area contributed by atoms with Crippen molar-refractivity contribution in [2.45, 2.75) is 57.8 Å². The van der Waals surface area contributed by atoms with Gasteiger partial charge in [0.05, 0.1) is 0 Å². The SMILES string of the molecule is CC(C)N(C)c1nc2c(n1C)N(C)C(I)=NC2NC1CC2CCC1C2. The molecule has 2 fully saturated rings. The van der Waals surface area contributed by atoms with Crippen molar-refractivity contribution < 1.29 is 0 Å². The molecule has 2 aliphatic carbocycles. The smallest absolute Gasteiger partial charge is 0.207 e. The molecule has 0 saturated heterocycles. The highest BCUT2D eigenvalue weighted by Crippen LogP contribution is 2.46. The van der Waals surface area contributed by atoms with Gasteiger partial charge < -0.3 is 9.80 Å². The number of halogens is 1. The topological polar surface area (TPSA) is 48.7 Å². The molecule has 1 aliphatic heterocycles. The zero-order chi connectivity index (χ0) is 17.9. The number of fused-ring (bicyclic) bond motifs is 3. The molecule has 2 bridgehead atoms. The summed E-state index contributed by atoms with van der Waals surface area (Å²) in [6.07, 6.45) is 5.50. The van der Waals surface area contributed by atoms with Gasteiger partial charge in [-0.2, -0.15) is 0 Å². The lowest BCUT2D eigenvalue weighted by molar-refractivity contribution is 0.320. The summed E-state index contributed by atoms with van der Waals surface area (Å²) in [5.41, 5.74) is 1.07. The summed E-state index contributed by atoms with van der Waals surface area (Å²) < 4.78 is 3.23. The fourth-order valence-corrected chi connectivity index (χ4v) is 5.24. The molecule has 7 heteroatoms. The van der Waals surface area contributed by atoms with Gasteiger partial charge in [0.2, 0.25) is 5.95 Å². The number of nitrogens with zero attached hydrogens (tertiary/aromatic N) is 5. The lowest BCUT2D eigenvalue weighted by Crippen LogP contribution is -2.40. The highest BCUT2D eigenvalue weighted by atomic mass is 127. The minimum atomic E-state index is -0.0250. The van der Waals surface area contributed by atoms with Crippen LogP contribution in [0.25, 0.3) is 0 Å². The van der Waals surface area contributed by atoms with Crippen LogP contribution in [0.15, 0.2) is 4.99 Å². The summed E-state index contributed by atoms with van der Waals surface area (Å²) in [5, 5.41) is 3.85. The largest absolute Gasteiger partial charge is 0.343 e. The zero-order valence-electron chi connectivity index (χ0n) is 15.8. The fraction of sp³-hybridized carbons (Fsp3) is 0.778. The Hall–Kier alpha value is -0.830. The third-order valence-corrected chi connectivity index (χ3v) is 7.36. The summed E-state index contributed by atoms with van der Waals surface area (Å²) in [4.78, 5) is 14.3. The average molecular weight is 456 g/mol. The number of aromatic nitrogens is 2. The summed E-state index contributed by atoms with van der Waals surface area (Å²) in [5.74, 6) is 3.93. The molecule has 0 amide bonds. The molecule has 0 spiro atoms. The molecule has 1 N–H and O–H groups in total. The van der Waals surface area contributed by atoms with Crippen molar-refractivity contribution >= 4 is 38.2 Å². The van der Waals surface area contributed by atoms with E-state index in [1.54, 1.807) is 0 Å². The van der Waals surface area contributed by atoms with Gasteiger partial charge in [-0.3, -0.25) is 9.88 Å². The van der Waals surface area contributed by atoms with Gasteiger partial charge in [-0.1, -0.05) is 6.42 Å². The Morgan fingerprint density at radius 1 is 1.24 bits per heavy atom. The Kier molecular flexibility index (Phi) is 4.50. The van der Waals surface area contributed by atoms with E-state index in [-0.39, 0.29) is 6.17 Å². The molecule has 1 aromatic rings. The molecular weight excluding hydrogens is 427 g/mol. The number of hydrogen-bond donors (Lipinski definition) is 1. The van der Waals surface area contributed by atoms with Gasteiger partial charge >= 0.3 is 0 Å². The Bertz CT molecular complexity index is 696. The summed E-state index contributed by atoms with van der Waals surface area (Å²) in [7, 11) is 6.31. The van der Waals surface area contributed by atoms with Crippen molar-refractivity contribution in [3.05, 3.63) is 5.69 Å². The minimum Gasteiger partial charge on any atom is -0.343 e. The first kappa shape index (κ1) is 17.6. The first-order valence-electron chi connectivity index (χ1n) is 9.39. The van der Waals surface area contributed by atoms with Crippen molar-refractivity contribution in [1.29, 1.82) is 0 Å². The quantitative estimate of drug-likeness (QED) is 0.558. The zero-order valence-corrected chi connectivity index (χ0v) is 18.0. The lowest BCUT2D eigenvalue weighted by Gasteiger charge is -2.31. The maximum Gasteiger partial charge on any atom is 0.207 e. The maximum absolute atomic E-state index is 5.02. The Morgan fingerprint density at radius 2 is 2.00 bits per heavy atom. The number of aliphatic imine (C=N–C) groups is 1. The summed E-state index contributed by atoms with van der Waals surface area (Å²) in [6, 6.07) is 1.01. The molecule has 4 rings (SSSR count). The van der Waals surface area contributed by atoms with Crippen LogP contribution in [0.1, 0.15) is 51.4 Å². The molecule has 138 valence electrons. The van der Waals surface area contributed by atoms with Gasteiger partial charge in [0.15, 0.2) is 3.84 Å². The molecule has 1 aromatic heterocycles. The molecule has 2 saturated carbocycles. The number of rotatable bonds is 4. The van der Waals surface area contributed by atoms with E-state index in [4.69, 9.17) is 9.98 Å². The van der Waals surface area contributed by atoms with Crippen molar-refractivity contribution in [3.63, 3.8) is 0 Å². The van der Waals surface area contributed by atoms with Crippen molar-refractivity contribution in [2.75, 3.05) is 23.9 Å². The molecule has 2 heterocycles. The van der Waals surface area contributed by atoms with Crippen LogP contribution in [0.4, 0.5) is 11.8 Å². The highest BCUT2D eigenvalue weighted by Gasteiger charge is 2.42. The monoisotopic (exact) mass is 456 g/mol. The van der Waals surface area contributed by atoms with E-state index in [9.17, 15) is 0 Å². The van der Waals surface area contributed by atoms with E-state index in [0.29, 0.717) is 12.1 Å². The van der Waals surface area contributed by atoms with Gasteiger partial charge in [-0.15, -0.1) is 0 Å². The van der Waals surface area contributed by atoms with Crippen LogP contribution < -0.4 is 15.1 Å². The predicted molar refractivity (Wildman–Crippen MR) is 112 cm³/mol. The molecule has 4 atom stereocenters. The van der Waals surface area contributed by atoms with Crippen LogP contribution in [0, 0.1) is 11.8 Å². The molecule has 6 nitrogen and oxygen atoms in total. The van der Waals surface area contributed by atoms with Crippen LogP contribution in [0.5, 0.6) is 0 Å². The van der Waals surface area contributed by atoms with Gasteiger partial charge in [0, 0.05) is 33.2 Å². The van der Waals surface area contributed by atoms with E-state index in [1.165, 1.54) is 25.7 Å². The Balaban J connectivity index is 1.66. The van der Waals surface area contributed by atoms with E-state index >= 15 is 0 Å². The number of amidine groups is 1. The Morgan fingerprint density at radius 3 is 2.60 bits per heavy atom. The van der Waals surface area contributed by atoms with Crippen LogP contribution in [-0.4, -0.2) is 39.6 Å². The number of anilines is 2. The average Bonchev–Trinajstić information content (AvgIpc) is 3.26. The molecule has 3 aliphatic rings. The van der Waals surface area contributed by atoms with Crippen LogP contribution >= 0.6 is 22.6 Å². The van der Waals surface area contributed by atoms with Crippen LogP contribution in [0.3, 0.4) is 0 Å². The highest BCUT2D eigenvalue weighted by molar-refractivity contribution is 14.1. The van der Waals surface area contributed by atoms with Crippen LogP contribution in [-0.2, 0) is 7.05 Å². The maximum atomic E-state index is 5.02. The molecule has 4 unspecified atom stereocenters. The predicted octanol–water partition coefficient (Wildman–Crippen LogP) is 3.28. The standard InChI is InChI=1S/C18H29IN6/c1-10(2)23(3)18-21-14-15(20-13-9-11-6-7-12(13)8-11)22-17(19)24(4)16(14)25(18)5/h10-13,15,20H,6-9H2,1-5H3. The van der Waals surface area contributed by atoms with Gasteiger partial charge in [0.25, 0.3) is 0 Å². The van der Waals surface area contributed by atoms with E-state index < -0.39 is 0 Å².